The molecule has 1 fully saturated rings. The maximum atomic E-state index is 5.83. The van der Waals surface area contributed by atoms with Gasteiger partial charge in [-0.15, -0.1) is 0 Å². The lowest BCUT2D eigenvalue weighted by molar-refractivity contribution is 0.160. The van der Waals surface area contributed by atoms with Gasteiger partial charge in [0.1, 0.15) is 0 Å². The smallest absolute Gasteiger partial charge is 0.228 e. The Hall–Kier alpha value is -1.14. The Balaban J connectivity index is 1.74. The molecule has 1 aliphatic heterocycles. The second-order valence-corrected chi connectivity index (χ2v) is 5.50. The molecule has 2 N–H and O–H groups in total. The van der Waals surface area contributed by atoms with E-state index in [-0.39, 0.29) is 5.28 Å². The predicted molar refractivity (Wildman–Crippen MR) is 82.4 cm³/mol. The van der Waals surface area contributed by atoms with Gasteiger partial charge in [-0.2, -0.15) is 15.0 Å². The average Bonchev–Trinajstić information content (AvgIpc) is 2.44. The third-order valence-electron chi connectivity index (χ3n) is 3.68. The highest BCUT2D eigenvalue weighted by Gasteiger charge is 2.17. The third-order valence-corrected chi connectivity index (χ3v) is 3.85. The van der Waals surface area contributed by atoms with E-state index in [1.165, 1.54) is 25.8 Å². The van der Waals surface area contributed by atoms with Gasteiger partial charge in [0.2, 0.25) is 17.2 Å². The highest BCUT2D eigenvalue weighted by atomic mass is 35.5. The van der Waals surface area contributed by atoms with Crippen LogP contribution in [0.15, 0.2) is 0 Å². The van der Waals surface area contributed by atoms with Crippen molar-refractivity contribution in [2.24, 2.45) is 0 Å². The van der Waals surface area contributed by atoms with Crippen LogP contribution in [0.5, 0.6) is 0 Å². The summed E-state index contributed by atoms with van der Waals surface area (Å²) in [5.74, 6) is 1.01. The molecule has 0 aliphatic carbocycles. The molecule has 1 aliphatic rings. The quantitative estimate of drug-likeness (QED) is 0.785. The van der Waals surface area contributed by atoms with Gasteiger partial charge in [0.25, 0.3) is 0 Å². The second kappa shape index (κ2) is 7.59. The molecule has 1 aromatic heterocycles. The van der Waals surface area contributed by atoms with E-state index in [1.807, 2.05) is 0 Å². The van der Waals surface area contributed by atoms with Crippen molar-refractivity contribution in [1.29, 1.82) is 0 Å². The van der Waals surface area contributed by atoms with Gasteiger partial charge in [0, 0.05) is 26.2 Å². The number of nitrogens with zero attached hydrogens (tertiary/aromatic N) is 4. The van der Waals surface area contributed by atoms with Crippen molar-refractivity contribution in [3.05, 3.63) is 5.28 Å². The Morgan fingerprint density at radius 1 is 1.25 bits per heavy atom. The van der Waals surface area contributed by atoms with Crippen LogP contribution < -0.4 is 10.6 Å². The lowest BCUT2D eigenvalue weighted by Gasteiger charge is -2.33. The molecular weight excluding hydrogens is 276 g/mol. The van der Waals surface area contributed by atoms with E-state index in [1.54, 1.807) is 7.05 Å². The van der Waals surface area contributed by atoms with Gasteiger partial charge in [-0.3, -0.25) is 0 Å². The zero-order chi connectivity index (χ0) is 14.4. The van der Waals surface area contributed by atoms with Gasteiger partial charge < -0.3 is 15.5 Å². The Kier molecular flexibility index (Phi) is 5.79. The summed E-state index contributed by atoms with van der Waals surface area (Å²) in [5.41, 5.74) is 0. The third kappa shape index (κ3) is 4.45. The maximum Gasteiger partial charge on any atom is 0.228 e. The molecule has 0 amide bonds. The van der Waals surface area contributed by atoms with Crippen LogP contribution >= 0.6 is 11.6 Å². The van der Waals surface area contributed by atoms with Gasteiger partial charge in [-0.1, -0.05) is 6.42 Å². The van der Waals surface area contributed by atoms with Crippen molar-refractivity contribution in [2.45, 2.75) is 38.6 Å². The van der Waals surface area contributed by atoms with Crippen molar-refractivity contribution in [3.63, 3.8) is 0 Å². The lowest BCUT2D eigenvalue weighted by atomic mass is 10.0. The molecule has 6 nitrogen and oxygen atoms in total. The monoisotopic (exact) mass is 298 g/mol. The fourth-order valence-electron chi connectivity index (χ4n) is 2.51. The van der Waals surface area contributed by atoms with Crippen LogP contribution in [0.2, 0.25) is 5.28 Å². The minimum Gasteiger partial charge on any atom is -0.357 e. The number of likely N-dealkylation sites (tertiary alicyclic amines) is 1. The van der Waals surface area contributed by atoms with E-state index < -0.39 is 0 Å². The molecule has 112 valence electrons. The zero-order valence-electron chi connectivity index (χ0n) is 12.2. The first-order valence-corrected chi connectivity index (χ1v) is 7.64. The number of hydrogen-bond donors (Lipinski definition) is 2. The average molecular weight is 299 g/mol. The summed E-state index contributed by atoms with van der Waals surface area (Å²) < 4.78 is 0. The summed E-state index contributed by atoms with van der Waals surface area (Å²) in [4.78, 5) is 14.8. The number of piperidine rings is 1. The molecule has 0 radical (unpaired) electrons. The van der Waals surface area contributed by atoms with E-state index in [0.717, 1.165) is 19.5 Å². The van der Waals surface area contributed by atoms with E-state index in [0.29, 0.717) is 17.9 Å². The second-order valence-electron chi connectivity index (χ2n) is 5.16. The van der Waals surface area contributed by atoms with Crippen LogP contribution in [0.4, 0.5) is 11.9 Å². The lowest BCUT2D eigenvalue weighted by Crippen LogP contribution is -2.38. The van der Waals surface area contributed by atoms with Gasteiger partial charge >= 0.3 is 0 Å². The van der Waals surface area contributed by atoms with E-state index >= 15 is 0 Å². The molecule has 0 spiro atoms. The topological polar surface area (TPSA) is 66.0 Å². The number of hydrogen-bond acceptors (Lipinski definition) is 6. The first-order valence-electron chi connectivity index (χ1n) is 7.26. The summed E-state index contributed by atoms with van der Waals surface area (Å²) in [7, 11) is 1.76. The standard InChI is InChI=1S/C13H23ClN6/c1-10-6-3-4-8-20(10)9-5-7-16-13-18-11(14)17-12(15-2)19-13/h10H,3-9H2,1-2H3,(H2,15,16,17,18,19). The molecular formula is C13H23ClN6. The van der Waals surface area contributed by atoms with Crippen LogP contribution in [-0.2, 0) is 0 Å². The fraction of sp³-hybridized carbons (Fsp3) is 0.769. The Bertz CT molecular complexity index is 427. The van der Waals surface area contributed by atoms with Crippen molar-refractivity contribution in [2.75, 3.05) is 37.3 Å². The van der Waals surface area contributed by atoms with Crippen molar-refractivity contribution >= 4 is 23.5 Å². The summed E-state index contributed by atoms with van der Waals surface area (Å²) in [6.45, 7) is 5.50. The van der Waals surface area contributed by atoms with Crippen LogP contribution in [0, 0.1) is 0 Å². The minimum absolute atomic E-state index is 0.205. The Labute approximate surface area is 125 Å². The van der Waals surface area contributed by atoms with Crippen LogP contribution in [0.3, 0.4) is 0 Å². The number of rotatable bonds is 6. The van der Waals surface area contributed by atoms with Gasteiger partial charge in [0.05, 0.1) is 0 Å². The molecule has 1 unspecified atom stereocenters. The van der Waals surface area contributed by atoms with E-state index in [9.17, 15) is 0 Å². The van der Waals surface area contributed by atoms with E-state index in [2.05, 4.69) is 37.4 Å². The summed E-state index contributed by atoms with van der Waals surface area (Å²) in [6, 6.07) is 0.714. The van der Waals surface area contributed by atoms with Gasteiger partial charge in [-0.05, 0) is 44.3 Å². The van der Waals surface area contributed by atoms with E-state index in [4.69, 9.17) is 11.6 Å². The first kappa shape index (κ1) is 15.3. The van der Waals surface area contributed by atoms with Crippen molar-refractivity contribution in [1.82, 2.24) is 19.9 Å². The van der Waals surface area contributed by atoms with Crippen molar-refractivity contribution in [3.8, 4) is 0 Å². The fourth-order valence-corrected chi connectivity index (χ4v) is 2.67. The number of aromatic nitrogens is 3. The molecule has 20 heavy (non-hydrogen) atoms. The largest absolute Gasteiger partial charge is 0.357 e. The highest BCUT2D eigenvalue weighted by Crippen LogP contribution is 2.16. The molecule has 7 heteroatoms. The number of nitrogens with one attached hydrogen (secondary N) is 2. The predicted octanol–water partition coefficient (Wildman–Crippen LogP) is 2.24. The van der Waals surface area contributed by atoms with Crippen LogP contribution in [0.25, 0.3) is 0 Å². The van der Waals surface area contributed by atoms with Crippen molar-refractivity contribution < 1.29 is 0 Å². The number of halogens is 1. The SMILES string of the molecule is CNc1nc(Cl)nc(NCCCN2CCCCC2C)n1. The molecule has 2 heterocycles. The van der Waals surface area contributed by atoms with Gasteiger partial charge in [0.15, 0.2) is 0 Å². The molecule has 2 rings (SSSR count). The van der Waals surface area contributed by atoms with Gasteiger partial charge in [-0.25, -0.2) is 0 Å². The molecule has 0 bridgehead atoms. The minimum atomic E-state index is 0.205. The molecule has 0 saturated carbocycles. The molecule has 1 saturated heterocycles. The highest BCUT2D eigenvalue weighted by molar-refractivity contribution is 6.28. The molecule has 0 aromatic carbocycles. The zero-order valence-corrected chi connectivity index (χ0v) is 12.9. The Morgan fingerprint density at radius 3 is 2.80 bits per heavy atom. The number of anilines is 2. The summed E-state index contributed by atoms with van der Waals surface area (Å²) >= 11 is 5.83. The molecule has 1 aromatic rings. The van der Waals surface area contributed by atoms with Crippen LogP contribution in [-0.4, -0.2) is 52.6 Å². The normalized spacial score (nSPS) is 19.9. The Morgan fingerprint density at radius 2 is 2.05 bits per heavy atom. The molecule has 1 atom stereocenters. The maximum absolute atomic E-state index is 5.83. The summed E-state index contributed by atoms with van der Waals surface area (Å²) in [5, 5.41) is 6.27. The first-order chi connectivity index (χ1) is 9.69. The van der Waals surface area contributed by atoms with Crippen LogP contribution in [0.1, 0.15) is 32.6 Å². The summed E-state index contributed by atoms with van der Waals surface area (Å²) in [6.07, 6.45) is 5.09.